The molecule has 0 aliphatic carbocycles. The lowest BCUT2D eigenvalue weighted by atomic mass is 10.4. The summed E-state index contributed by atoms with van der Waals surface area (Å²) < 4.78 is 10.1. The van der Waals surface area contributed by atoms with Crippen molar-refractivity contribution in [2.45, 2.75) is 20.4 Å². The third-order valence-corrected chi connectivity index (χ3v) is 1.97. The fourth-order valence-electron chi connectivity index (χ4n) is 1.35. The maximum absolute atomic E-state index is 11.4. The molecule has 6 heteroatoms. The summed E-state index contributed by atoms with van der Waals surface area (Å²) in [5, 5.41) is 7.61. The van der Waals surface area contributed by atoms with Crippen LogP contribution in [-0.4, -0.2) is 40.8 Å². The second kappa shape index (κ2) is 6.80. The van der Waals surface area contributed by atoms with Crippen LogP contribution in [-0.2, 0) is 16.1 Å². The van der Waals surface area contributed by atoms with Crippen LogP contribution >= 0.6 is 0 Å². The van der Waals surface area contributed by atoms with Crippen molar-refractivity contribution in [3.05, 3.63) is 24.4 Å². The van der Waals surface area contributed by atoms with E-state index >= 15 is 0 Å². The van der Waals surface area contributed by atoms with E-state index in [4.69, 9.17) is 9.15 Å². The van der Waals surface area contributed by atoms with Gasteiger partial charge in [0.15, 0.2) is 0 Å². The minimum Gasteiger partial charge on any atom is -0.465 e. The number of esters is 1. The van der Waals surface area contributed by atoms with Crippen molar-refractivity contribution in [2.75, 3.05) is 19.7 Å². The van der Waals surface area contributed by atoms with Gasteiger partial charge in [-0.1, -0.05) is 6.08 Å². The molecule has 1 aromatic heterocycles. The largest absolute Gasteiger partial charge is 0.465 e. The van der Waals surface area contributed by atoms with Crippen molar-refractivity contribution in [3.8, 4) is 0 Å². The van der Waals surface area contributed by atoms with Crippen LogP contribution < -0.4 is 0 Å². The molecular weight excluding hydrogens is 222 g/mol. The molecule has 1 rings (SSSR count). The normalized spacial score (nSPS) is 10.5. The average molecular weight is 239 g/mol. The molecule has 1 heterocycles. The summed E-state index contributed by atoms with van der Waals surface area (Å²) in [6.45, 7) is 8.66. The second-order valence-electron chi connectivity index (χ2n) is 3.48. The third-order valence-electron chi connectivity index (χ3n) is 1.97. The molecule has 94 valence electrons. The van der Waals surface area contributed by atoms with Crippen LogP contribution in [0, 0.1) is 6.92 Å². The summed E-state index contributed by atoms with van der Waals surface area (Å²) in [6.07, 6.45) is 1.71. The standard InChI is InChI=1S/C11H17N3O3/c1-4-6-14(8-11(15)16-5-2)7-10-13-12-9(3)17-10/h4H,1,5-8H2,2-3H3. The summed E-state index contributed by atoms with van der Waals surface area (Å²) in [6, 6.07) is 0. The number of aromatic nitrogens is 2. The minimum absolute atomic E-state index is 0.182. The van der Waals surface area contributed by atoms with Crippen LogP contribution in [0.25, 0.3) is 0 Å². The molecule has 0 spiro atoms. The molecule has 0 amide bonds. The zero-order valence-corrected chi connectivity index (χ0v) is 10.2. The number of rotatable bonds is 7. The van der Waals surface area contributed by atoms with Gasteiger partial charge in [-0.2, -0.15) is 0 Å². The molecule has 0 radical (unpaired) electrons. The van der Waals surface area contributed by atoms with E-state index in [9.17, 15) is 4.79 Å². The van der Waals surface area contributed by atoms with E-state index in [1.807, 2.05) is 4.90 Å². The lowest BCUT2D eigenvalue weighted by Gasteiger charge is -2.17. The molecule has 0 N–H and O–H groups in total. The van der Waals surface area contributed by atoms with Gasteiger partial charge in [0.25, 0.3) is 0 Å². The van der Waals surface area contributed by atoms with E-state index in [1.54, 1.807) is 19.9 Å². The van der Waals surface area contributed by atoms with Gasteiger partial charge in [-0.05, 0) is 6.92 Å². The average Bonchev–Trinajstić information content (AvgIpc) is 2.64. The molecular formula is C11H17N3O3. The quantitative estimate of drug-likeness (QED) is 0.521. The van der Waals surface area contributed by atoms with Gasteiger partial charge in [-0.3, -0.25) is 9.69 Å². The van der Waals surface area contributed by atoms with Crippen LogP contribution in [0.2, 0.25) is 0 Å². The van der Waals surface area contributed by atoms with E-state index < -0.39 is 0 Å². The number of hydrogen-bond donors (Lipinski definition) is 0. The number of carbonyl (C=O) groups is 1. The van der Waals surface area contributed by atoms with Gasteiger partial charge >= 0.3 is 5.97 Å². The van der Waals surface area contributed by atoms with E-state index in [2.05, 4.69) is 16.8 Å². The topological polar surface area (TPSA) is 68.5 Å². The monoisotopic (exact) mass is 239 g/mol. The smallest absolute Gasteiger partial charge is 0.320 e. The number of hydrogen-bond acceptors (Lipinski definition) is 6. The van der Waals surface area contributed by atoms with Gasteiger partial charge in [0.05, 0.1) is 19.7 Å². The van der Waals surface area contributed by atoms with Crippen LogP contribution in [0.5, 0.6) is 0 Å². The van der Waals surface area contributed by atoms with Crippen LogP contribution in [0.1, 0.15) is 18.7 Å². The highest BCUT2D eigenvalue weighted by molar-refractivity contribution is 5.71. The maximum atomic E-state index is 11.4. The van der Waals surface area contributed by atoms with Crippen molar-refractivity contribution < 1.29 is 13.9 Å². The summed E-state index contributed by atoms with van der Waals surface area (Å²) in [7, 11) is 0. The van der Waals surface area contributed by atoms with Gasteiger partial charge in [-0.25, -0.2) is 0 Å². The van der Waals surface area contributed by atoms with Crippen LogP contribution in [0.15, 0.2) is 17.1 Å². The molecule has 0 atom stereocenters. The lowest BCUT2D eigenvalue weighted by Crippen LogP contribution is -2.31. The molecule has 0 aromatic carbocycles. The molecule has 1 aromatic rings. The number of ether oxygens (including phenoxy) is 1. The predicted octanol–water partition coefficient (Wildman–Crippen LogP) is 0.929. The number of carbonyl (C=O) groups excluding carboxylic acids is 1. The van der Waals surface area contributed by atoms with Crippen molar-refractivity contribution >= 4 is 5.97 Å². The van der Waals surface area contributed by atoms with Gasteiger partial charge < -0.3 is 9.15 Å². The highest BCUT2D eigenvalue weighted by Gasteiger charge is 2.13. The molecule has 17 heavy (non-hydrogen) atoms. The number of aryl methyl sites for hydroxylation is 1. The first-order valence-electron chi connectivity index (χ1n) is 5.43. The Morgan fingerprint density at radius 3 is 2.88 bits per heavy atom. The Bertz CT molecular complexity index is 376. The van der Waals surface area contributed by atoms with Crippen LogP contribution in [0.3, 0.4) is 0 Å². The molecule has 0 aliphatic heterocycles. The molecule has 0 saturated heterocycles. The Morgan fingerprint density at radius 2 is 2.35 bits per heavy atom. The van der Waals surface area contributed by atoms with E-state index in [0.29, 0.717) is 31.5 Å². The molecule has 0 bridgehead atoms. The lowest BCUT2D eigenvalue weighted by molar-refractivity contribution is -0.144. The first-order chi connectivity index (χ1) is 8.15. The molecule has 0 saturated carbocycles. The fourth-order valence-corrected chi connectivity index (χ4v) is 1.35. The SMILES string of the molecule is C=CCN(CC(=O)OCC)Cc1nnc(C)o1. The van der Waals surface area contributed by atoms with Crippen molar-refractivity contribution in [3.63, 3.8) is 0 Å². The van der Waals surface area contributed by atoms with Crippen molar-refractivity contribution in [2.24, 2.45) is 0 Å². The summed E-state index contributed by atoms with van der Waals surface area (Å²) in [5.41, 5.74) is 0. The number of nitrogens with zero attached hydrogens (tertiary/aromatic N) is 3. The highest BCUT2D eigenvalue weighted by atomic mass is 16.5. The summed E-state index contributed by atoms with van der Waals surface area (Å²) in [4.78, 5) is 13.2. The zero-order valence-electron chi connectivity index (χ0n) is 10.2. The molecule has 0 unspecified atom stereocenters. The first kappa shape index (κ1) is 13.4. The Balaban J connectivity index is 2.53. The van der Waals surface area contributed by atoms with Gasteiger partial charge in [0, 0.05) is 13.5 Å². The Kier molecular flexibility index (Phi) is 5.35. The molecule has 0 aliphatic rings. The molecule has 0 fully saturated rings. The summed E-state index contributed by atoms with van der Waals surface area (Å²) in [5.74, 6) is 0.717. The van der Waals surface area contributed by atoms with Crippen molar-refractivity contribution in [1.82, 2.24) is 15.1 Å². The Hall–Kier alpha value is -1.69. The maximum Gasteiger partial charge on any atom is 0.320 e. The van der Waals surface area contributed by atoms with Gasteiger partial charge in [0.1, 0.15) is 0 Å². The van der Waals surface area contributed by atoms with Crippen LogP contribution in [0.4, 0.5) is 0 Å². The second-order valence-corrected chi connectivity index (χ2v) is 3.48. The van der Waals surface area contributed by atoms with Gasteiger partial charge in [-0.15, -0.1) is 16.8 Å². The first-order valence-corrected chi connectivity index (χ1v) is 5.43. The van der Waals surface area contributed by atoms with E-state index in [0.717, 1.165) is 0 Å². The predicted molar refractivity (Wildman–Crippen MR) is 61.1 cm³/mol. The van der Waals surface area contributed by atoms with Crippen molar-refractivity contribution in [1.29, 1.82) is 0 Å². The summed E-state index contributed by atoms with van der Waals surface area (Å²) >= 11 is 0. The zero-order chi connectivity index (χ0) is 12.7. The highest BCUT2D eigenvalue weighted by Crippen LogP contribution is 2.03. The Morgan fingerprint density at radius 1 is 1.59 bits per heavy atom. The third kappa shape index (κ3) is 4.78. The molecule has 6 nitrogen and oxygen atoms in total. The van der Waals surface area contributed by atoms with E-state index in [-0.39, 0.29) is 12.5 Å². The minimum atomic E-state index is -0.273. The van der Waals surface area contributed by atoms with E-state index in [1.165, 1.54) is 0 Å². The van der Waals surface area contributed by atoms with Gasteiger partial charge in [0.2, 0.25) is 11.8 Å². The Labute approximate surface area is 100 Å². The fraction of sp³-hybridized carbons (Fsp3) is 0.545.